The third-order valence-electron chi connectivity index (χ3n) is 3.52. The molecule has 0 aliphatic carbocycles. The van der Waals surface area contributed by atoms with Crippen LogP contribution < -0.4 is 0 Å². The molecule has 1 N–H and O–H groups in total. The van der Waals surface area contributed by atoms with Gasteiger partial charge in [0.15, 0.2) is 0 Å². The van der Waals surface area contributed by atoms with Crippen molar-refractivity contribution in [2.24, 2.45) is 0 Å². The lowest BCUT2D eigenvalue weighted by Crippen LogP contribution is -2.43. The van der Waals surface area contributed by atoms with Gasteiger partial charge in [-0.25, -0.2) is 0 Å². The van der Waals surface area contributed by atoms with Crippen molar-refractivity contribution in [2.45, 2.75) is 39.8 Å². The fraction of sp³-hybridized carbons (Fsp3) is 0.438. The normalized spacial score (nSPS) is 12.2. The molecule has 0 aliphatic rings. The van der Waals surface area contributed by atoms with E-state index in [9.17, 15) is 4.79 Å². The maximum absolute atomic E-state index is 11.1. The zero-order valence-corrected chi connectivity index (χ0v) is 12.4. The standard InChI is InChI=1S/C16H21NO3/c1-11-13(12-7-5-6-8-14(12)20-11)9-17(10-15(18)19)16(2,3)4/h5-8H,9-10H2,1-4H3,(H,18,19). The van der Waals surface area contributed by atoms with Crippen molar-refractivity contribution in [1.29, 1.82) is 0 Å². The highest BCUT2D eigenvalue weighted by Gasteiger charge is 2.25. The van der Waals surface area contributed by atoms with E-state index in [0.717, 1.165) is 22.3 Å². The first-order valence-corrected chi connectivity index (χ1v) is 6.73. The van der Waals surface area contributed by atoms with Crippen molar-refractivity contribution in [2.75, 3.05) is 6.54 Å². The van der Waals surface area contributed by atoms with Crippen LogP contribution in [0.5, 0.6) is 0 Å². The van der Waals surface area contributed by atoms with Crippen LogP contribution in [0.1, 0.15) is 32.1 Å². The minimum Gasteiger partial charge on any atom is -0.480 e. The van der Waals surface area contributed by atoms with Crippen LogP contribution in [0.2, 0.25) is 0 Å². The molecule has 0 radical (unpaired) electrons. The van der Waals surface area contributed by atoms with Crippen molar-refractivity contribution in [3.63, 3.8) is 0 Å². The summed E-state index contributed by atoms with van der Waals surface area (Å²) in [6.07, 6.45) is 0. The summed E-state index contributed by atoms with van der Waals surface area (Å²) in [4.78, 5) is 13.0. The Kier molecular flexibility index (Phi) is 3.86. The van der Waals surface area contributed by atoms with Gasteiger partial charge in [-0.2, -0.15) is 0 Å². The highest BCUT2D eigenvalue weighted by Crippen LogP contribution is 2.28. The molecule has 4 heteroatoms. The second kappa shape index (κ2) is 5.29. The highest BCUT2D eigenvalue weighted by molar-refractivity contribution is 5.82. The number of benzene rings is 1. The minimum atomic E-state index is -0.814. The summed E-state index contributed by atoms with van der Waals surface area (Å²) in [7, 11) is 0. The van der Waals surface area contributed by atoms with Crippen LogP contribution in [0, 0.1) is 6.92 Å². The largest absolute Gasteiger partial charge is 0.480 e. The number of fused-ring (bicyclic) bond motifs is 1. The quantitative estimate of drug-likeness (QED) is 0.928. The van der Waals surface area contributed by atoms with Gasteiger partial charge in [0.2, 0.25) is 0 Å². The van der Waals surface area contributed by atoms with Gasteiger partial charge in [-0.15, -0.1) is 0 Å². The fourth-order valence-electron chi connectivity index (χ4n) is 2.30. The van der Waals surface area contributed by atoms with E-state index in [1.54, 1.807) is 0 Å². The predicted octanol–water partition coefficient (Wildman–Crippen LogP) is 3.43. The smallest absolute Gasteiger partial charge is 0.317 e. The Morgan fingerprint density at radius 3 is 2.55 bits per heavy atom. The molecule has 2 aromatic rings. The molecule has 2 rings (SSSR count). The lowest BCUT2D eigenvalue weighted by Gasteiger charge is -2.34. The molecule has 0 amide bonds. The third kappa shape index (κ3) is 3.02. The van der Waals surface area contributed by atoms with E-state index < -0.39 is 5.97 Å². The number of nitrogens with zero attached hydrogens (tertiary/aromatic N) is 1. The molecule has 108 valence electrons. The molecule has 1 aromatic heterocycles. The molecule has 0 spiro atoms. The topological polar surface area (TPSA) is 53.7 Å². The van der Waals surface area contributed by atoms with Gasteiger partial charge in [0.1, 0.15) is 11.3 Å². The lowest BCUT2D eigenvalue weighted by molar-refractivity contribution is -0.139. The molecule has 0 bridgehead atoms. The van der Waals surface area contributed by atoms with E-state index in [2.05, 4.69) is 0 Å². The summed E-state index contributed by atoms with van der Waals surface area (Å²) in [5.74, 6) is 0.0382. The van der Waals surface area contributed by atoms with Crippen LogP contribution in [0.3, 0.4) is 0 Å². The highest BCUT2D eigenvalue weighted by atomic mass is 16.4. The van der Waals surface area contributed by atoms with E-state index in [4.69, 9.17) is 9.52 Å². The van der Waals surface area contributed by atoms with Crippen LogP contribution in [-0.2, 0) is 11.3 Å². The molecular weight excluding hydrogens is 254 g/mol. The summed E-state index contributed by atoms with van der Waals surface area (Å²) in [5.41, 5.74) is 1.70. The lowest BCUT2D eigenvalue weighted by atomic mass is 10.0. The van der Waals surface area contributed by atoms with E-state index in [0.29, 0.717) is 6.54 Å². The van der Waals surface area contributed by atoms with Crippen molar-refractivity contribution < 1.29 is 14.3 Å². The number of hydrogen-bond acceptors (Lipinski definition) is 3. The Balaban J connectivity index is 2.38. The molecule has 1 heterocycles. The van der Waals surface area contributed by atoms with Gasteiger partial charge in [0.05, 0.1) is 6.54 Å². The number of aliphatic carboxylic acids is 1. The zero-order valence-electron chi connectivity index (χ0n) is 12.4. The number of para-hydroxylation sites is 1. The van der Waals surface area contributed by atoms with Gasteiger partial charge in [-0.05, 0) is 33.8 Å². The van der Waals surface area contributed by atoms with Gasteiger partial charge in [-0.3, -0.25) is 9.69 Å². The molecule has 0 saturated heterocycles. The average Bonchev–Trinajstić information content (AvgIpc) is 2.63. The number of carboxylic acid groups (broad SMARTS) is 1. The van der Waals surface area contributed by atoms with E-state index in [1.807, 2.05) is 56.9 Å². The van der Waals surface area contributed by atoms with Gasteiger partial charge >= 0.3 is 5.97 Å². The predicted molar refractivity (Wildman–Crippen MR) is 78.7 cm³/mol. The maximum atomic E-state index is 11.1. The summed E-state index contributed by atoms with van der Waals surface area (Å²) >= 11 is 0. The van der Waals surface area contributed by atoms with Crippen molar-refractivity contribution in [3.05, 3.63) is 35.6 Å². The van der Waals surface area contributed by atoms with Crippen molar-refractivity contribution in [3.8, 4) is 0 Å². The van der Waals surface area contributed by atoms with Crippen LogP contribution in [0.4, 0.5) is 0 Å². The van der Waals surface area contributed by atoms with E-state index in [-0.39, 0.29) is 12.1 Å². The maximum Gasteiger partial charge on any atom is 0.317 e. The SMILES string of the molecule is Cc1oc2ccccc2c1CN(CC(=O)O)C(C)(C)C. The molecule has 20 heavy (non-hydrogen) atoms. The number of carbonyl (C=O) groups is 1. The van der Waals surface area contributed by atoms with Gasteiger partial charge in [-0.1, -0.05) is 18.2 Å². The zero-order chi connectivity index (χ0) is 14.9. The molecular formula is C16H21NO3. The Morgan fingerprint density at radius 2 is 1.95 bits per heavy atom. The average molecular weight is 275 g/mol. The first kappa shape index (κ1) is 14.6. The van der Waals surface area contributed by atoms with Crippen molar-refractivity contribution in [1.82, 2.24) is 4.90 Å². The van der Waals surface area contributed by atoms with E-state index >= 15 is 0 Å². The Morgan fingerprint density at radius 1 is 1.30 bits per heavy atom. The summed E-state index contributed by atoms with van der Waals surface area (Å²) < 4.78 is 5.74. The summed E-state index contributed by atoms with van der Waals surface area (Å²) in [5, 5.41) is 10.2. The first-order valence-electron chi connectivity index (χ1n) is 6.73. The third-order valence-corrected chi connectivity index (χ3v) is 3.52. The minimum absolute atomic E-state index is 0.0163. The molecule has 4 nitrogen and oxygen atoms in total. The summed E-state index contributed by atoms with van der Waals surface area (Å²) in [6, 6.07) is 7.86. The Hall–Kier alpha value is -1.81. The van der Waals surface area contributed by atoms with Crippen molar-refractivity contribution >= 4 is 16.9 Å². The van der Waals surface area contributed by atoms with Gasteiger partial charge < -0.3 is 9.52 Å². The first-order chi connectivity index (χ1) is 9.29. The van der Waals surface area contributed by atoms with Gasteiger partial charge in [0.25, 0.3) is 0 Å². The van der Waals surface area contributed by atoms with Crippen LogP contribution in [-0.4, -0.2) is 28.1 Å². The van der Waals surface area contributed by atoms with Crippen LogP contribution in [0.25, 0.3) is 11.0 Å². The molecule has 0 aliphatic heterocycles. The number of hydrogen-bond donors (Lipinski definition) is 1. The number of aryl methyl sites for hydroxylation is 1. The van der Waals surface area contributed by atoms with Crippen LogP contribution >= 0.6 is 0 Å². The Labute approximate surface area is 119 Å². The summed E-state index contributed by atoms with van der Waals surface area (Å²) in [6.45, 7) is 8.58. The monoisotopic (exact) mass is 275 g/mol. The molecule has 0 atom stereocenters. The molecule has 1 aromatic carbocycles. The molecule has 0 unspecified atom stereocenters. The van der Waals surface area contributed by atoms with Crippen LogP contribution in [0.15, 0.2) is 28.7 Å². The Bertz CT molecular complexity index is 622. The number of furan rings is 1. The second-order valence-electron chi connectivity index (χ2n) is 6.05. The fourth-order valence-corrected chi connectivity index (χ4v) is 2.30. The number of rotatable bonds is 4. The number of carboxylic acids is 1. The molecule has 0 saturated carbocycles. The molecule has 0 fully saturated rings. The van der Waals surface area contributed by atoms with Gasteiger partial charge in [0, 0.05) is 23.0 Å². The van der Waals surface area contributed by atoms with E-state index in [1.165, 1.54) is 0 Å². The second-order valence-corrected chi connectivity index (χ2v) is 6.05.